The molecule has 0 aromatic heterocycles. The largest absolute Gasteiger partial charge is 0.395 e. The Kier molecular flexibility index (Phi) is 6.54. The van der Waals surface area contributed by atoms with Crippen LogP contribution in [-0.4, -0.2) is 55.4 Å². The summed E-state index contributed by atoms with van der Waals surface area (Å²) in [5.74, 6) is 0.00161. The summed E-state index contributed by atoms with van der Waals surface area (Å²) in [5, 5.41) is 8.89. The Labute approximate surface area is 125 Å². The second-order valence-electron chi connectivity index (χ2n) is 4.37. The number of thiocarbonyl (C=S) groups is 1. The predicted molar refractivity (Wildman–Crippen MR) is 83.6 cm³/mol. The van der Waals surface area contributed by atoms with Crippen LogP contribution in [0.4, 0.5) is 0 Å². The van der Waals surface area contributed by atoms with Gasteiger partial charge >= 0.3 is 0 Å². The molecule has 112 valence electrons. The summed E-state index contributed by atoms with van der Waals surface area (Å²) in [7, 11) is -3.38. The van der Waals surface area contributed by atoms with E-state index in [1.165, 1.54) is 6.07 Å². The summed E-state index contributed by atoms with van der Waals surface area (Å²) in [6.45, 7) is 3.50. The Balaban J connectivity index is 2.83. The van der Waals surface area contributed by atoms with Crippen LogP contribution in [-0.2, 0) is 9.84 Å². The average Bonchev–Trinajstić information content (AvgIpc) is 2.43. The number of rotatable bonds is 8. The van der Waals surface area contributed by atoms with Gasteiger partial charge in [-0.2, -0.15) is 0 Å². The lowest BCUT2D eigenvalue weighted by atomic mass is 10.2. The van der Waals surface area contributed by atoms with E-state index in [4.69, 9.17) is 23.1 Å². The number of nitrogens with zero attached hydrogens (tertiary/aromatic N) is 1. The molecule has 0 spiro atoms. The molecule has 1 aromatic carbocycles. The summed E-state index contributed by atoms with van der Waals surface area (Å²) < 4.78 is 24.5. The molecular formula is C13H20N2O3S2. The SMILES string of the molecule is CCN(CCO)CCS(=O)(=O)c1cccc(C(N)=S)c1. The maximum atomic E-state index is 12.3. The van der Waals surface area contributed by atoms with Crippen molar-refractivity contribution in [2.45, 2.75) is 11.8 Å². The number of nitrogens with two attached hydrogens (primary N) is 1. The van der Waals surface area contributed by atoms with Crippen molar-refractivity contribution in [1.82, 2.24) is 4.90 Å². The number of hydrogen-bond acceptors (Lipinski definition) is 5. The van der Waals surface area contributed by atoms with Gasteiger partial charge in [0.15, 0.2) is 9.84 Å². The fraction of sp³-hybridized carbons (Fsp3) is 0.462. The van der Waals surface area contributed by atoms with Crippen LogP contribution in [0, 0.1) is 0 Å². The lowest BCUT2D eigenvalue weighted by molar-refractivity contribution is 0.209. The van der Waals surface area contributed by atoms with E-state index in [-0.39, 0.29) is 22.2 Å². The van der Waals surface area contributed by atoms with E-state index >= 15 is 0 Å². The van der Waals surface area contributed by atoms with E-state index in [0.29, 0.717) is 25.2 Å². The van der Waals surface area contributed by atoms with Gasteiger partial charge in [0.2, 0.25) is 0 Å². The van der Waals surface area contributed by atoms with E-state index in [2.05, 4.69) is 0 Å². The minimum Gasteiger partial charge on any atom is -0.395 e. The van der Waals surface area contributed by atoms with Crippen molar-refractivity contribution in [3.05, 3.63) is 29.8 Å². The normalized spacial score (nSPS) is 11.8. The maximum absolute atomic E-state index is 12.3. The first-order valence-electron chi connectivity index (χ1n) is 6.36. The molecule has 20 heavy (non-hydrogen) atoms. The molecule has 0 aliphatic rings. The van der Waals surface area contributed by atoms with Crippen molar-refractivity contribution in [2.75, 3.05) is 32.0 Å². The monoisotopic (exact) mass is 316 g/mol. The average molecular weight is 316 g/mol. The van der Waals surface area contributed by atoms with Crippen molar-refractivity contribution >= 4 is 27.0 Å². The van der Waals surface area contributed by atoms with Gasteiger partial charge in [0, 0.05) is 18.7 Å². The molecule has 0 heterocycles. The number of sulfone groups is 1. The van der Waals surface area contributed by atoms with Crippen molar-refractivity contribution in [3.8, 4) is 0 Å². The van der Waals surface area contributed by atoms with Gasteiger partial charge in [-0.1, -0.05) is 31.3 Å². The van der Waals surface area contributed by atoms with Crippen LogP contribution < -0.4 is 5.73 Å². The highest BCUT2D eigenvalue weighted by Gasteiger charge is 2.16. The van der Waals surface area contributed by atoms with Gasteiger partial charge < -0.3 is 15.7 Å². The number of likely N-dealkylation sites (N-methyl/N-ethyl adjacent to an activating group) is 1. The number of benzene rings is 1. The third kappa shape index (κ3) is 4.82. The molecule has 0 bridgehead atoms. The molecule has 0 atom stereocenters. The lowest BCUT2D eigenvalue weighted by Gasteiger charge is -2.18. The molecule has 5 nitrogen and oxygen atoms in total. The second-order valence-corrected chi connectivity index (χ2v) is 6.92. The molecule has 7 heteroatoms. The van der Waals surface area contributed by atoms with Gasteiger partial charge in [-0.3, -0.25) is 0 Å². The van der Waals surface area contributed by atoms with Crippen LogP contribution in [0.15, 0.2) is 29.2 Å². The van der Waals surface area contributed by atoms with E-state index in [1.807, 2.05) is 11.8 Å². The van der Waals surface area contributed by atoms with Crippen LogP contribution in [0.5, 0.6) is 0 Å². The van der Waals surface area contributed by atoms with Crippen LogP contribution in [0.2, 0.25) is 0 Å². The molecule has 0 fully saturated rings. The number of aliphatic hydroxyl groups is 1. The zero-order valence-corrected chi connectivity index (χ0v) is 13.1. The molecule has 0 aliphatic carbocycles. The maximum Gasteiger partial charge on any atom is 0.179 e. The highest BCUT2D eigenvalue weighted by Crippen LogP contribution is 2.13. The summed E-state index contributed by atoms with van der Waals surface area (Å²) >= 11 is 4.85. The molecule has 1 rings (SSSR count). The third-order valence-electron chi connectivity index (χ3n) is 3.02. The number of hydrogen-bond donors (Lipinski definition) is 2. The van der Waals surface area contributed by atoms with Gasteiger partial charge in [-0.25, -0.2) is 8.42 Å². The Hall–Kier alpha value is -1.02. The van der Waals surface area contributed by atoms with Crippen molar-refractivity contribution in [1.29, 1.82) is 0 Å². The Bertz CT molecular complexity index is 558. The molecule has 3 N–H and O–H groups in total. The lowest BCUT2D eigenvalue weighted by Crippen LogP contribution is -2.31. The van der Waals surface area contributed by atoms with E-state index in [1.54, 1.807) is 18.2 Å². The first kappa shape index (κ1) is 17.0. The van der Waals surface area contributed by atoms with Crippen molar-refractivity contribution in [3.63, 3.8) is 0 Å². The highest BCUT2D eigenvalue weighted by molar-refractivity contribution is 7.91. The summed E-state index contributed by atoms with van der Waals surface area (Å²) in [5.41, 5.74) is 6.05. The molecule has 0 saturated carbocycles. The van der Waals surface area contributed by atoms with Crippen LogP contribution >= 0.6 is 12.2 Å². The minimum atomic E-state index is -3.38. The zero-order valence-electron chi connectivity index (χ0n) is 11.4. The van der Waals surface area contributed by atoms with Crippen LogP contribution in [0.25, 0.3) is 0 Å². The van der Waals surface area contributed by atoms with E-state index in [9.17, 15) is 8.42 Å². The van der Waals surface area contributed by atoms with Crippen LogP contribution in [0.1, 0.15) is 12.5 Å². The fourth-order valence-corrected chi connectivity index (χ4v) is 3.23. The van der Waals surface area contributed by atoms with Gasteiger partial charge in [0.1, 0.15) is 4.99 Å². The minimum absolute atomic E-state index is 0.00161. The molecule has 0 saturated heterocycles. The van der Waals surface area contributed by atoms with Crippen LogP contribution in [0.3, 0.4) is 0 Å². The fourth-order valence-electron chi connectivity index (χ4n) is 1.78. The second kappa shape index (κ2) is 7.68. The van der Waals surface area contributed by atoms with Gasteiger partial charge in [-0.15, -0.1) is 0 Å². The smallest absolute Gasteiger partial charge is 0.179 e. The first-order valence-corrected chi connectivity index (χ1v) is 8.42. The Morgan fingerprint density at radius 1 is 1.40 bits per heavy atom. The van der Waals surface area contributed by atoms with E-state index < -0.39 is 9.84 Å². The third-order valence-corrected chi connectivity index (χ3v) is 4.95. The standard InChI is InChI=1S/C13H20N2O3S2/c1-2-15(6-8-16)7-9-20(17,18)12-5-3-4-11(10-12)13(14)19/h3-5,10,16H,2,6-9H2,1H3,(H2,14,19). The molecule has 0 radical (unpaired) electrons. The first-order chi connectivity index (χ1) is 9.40. The Morgan fingerprint density at radius 2 is 2.10 bits per heavy atom. The van der Waals surface area contributed by atoms with Crippen molar-refractivity contribution in [2.24, 2.45) is 5.73 Å². The predicted octanol–water partition coefficient (Wildman–Crippen LogP) is 0.409. The molecule has 1 aromatic rings. The molecule has 0 amide bonds. The van der Waals surface area contributed by atoms with Gasteiger partial charge in [-0.05, 0) is 18.7 Å². The molecular weight excluding hydrogens is 296 g/mol. The summed E-state index contributed by atoms with van der Waals surface area (Å²) in [6, 6.07) is 6.36. The Morgan fingerprint density at radius 3 is 2.65 bits per heavy atom. The summed E-state index contributed by atoms with van der Waals surface area (Å²) in [4.78, 5) is 2.29. The highest BCUT2D eigenvalue weighted by atomic mass is 32.2. The zero-order chi connectivity index (χ0) is 15.2. The number of aliphatic hydroxyl groups excluding tert-OH is 1. The van der Waals surface area contributed by atoms with E-state index in [0.717, 1.165) is 0 Å². The summed E-state index contributed by atoms with van der Waals surface area (Å²) in [6.07, 6.45) is 0. The van der Waals surface area contributed by atoms with Crippen molar-refractivity contribution < 1.29 is 13.5 Å². The topological polar surface area (TPSA) is 83.6 Å². The molecule has 0 unspecified atom stereocenters. The quantitative estimate of drug-likeness (QED) is 0.676. The van der Waals surface area contributed by atoms with Gasteiger partial charge in [0.05, 0.1) is 17.3 Å². The molecule has 0 aliphatic heterocycles. The van der Waals surface area contributed by atoms with Gasteiger partial charge in [0.25, 0.3) is 0 Å².